The van der Waals surface area contributed by atoms with Crippen molar-refractivity contribution in [1.29, 1.82) is 0 Å². The third kappa shape index (κ3) is 4.71. The van der Waals surface area contributed by atoms with Crippen LogP contribution in [0.1, 0.15) is 11.6 Å². The summed E-state index contributed by atoms with van der Waals surface area (Å²) < 4.78 is 24.5. The van der Waals surface area contributed by atoms with Crippen LogP contribution in [0.2, 0.25) is 0 Å². The van der Waals surface area contributed by atoms with Crippen LogP contribution < -0.4 is 9.86 Å². The average molecular weight is 243 g/mol. The van der Waals surface area contributed by atoms with E-state index < -0.39 is 10.2 Å². The Morgan fingerprint density at radius 1 is 1.31 bits per heavy atom. The predicted molar refractivity (Wildman–Crippen MR) is 64.0 cm³/mol. The molecule has 1 aromatic rings. The van der Waals surface area contributed by atoms with Crippen molar-refractivity contribution in [3.63, 3.8) is 0 Å². The molecule has 1 aromatic carbocycles. The monoisotopic (exact) mass is 243 g/mol. The van der Waals surface area contributed by atoms with Gasteiger partial charge in [0, 0.05) is 6.54 Å². The van der Waals surface area contributed by atoms with Crippen LogP contribution in [0.3, 0.4) is 0 Å². The van der Waals surface area contributed by atoms with Crippen LogP contribution in [0.4, 0.5) is 0 Å². The Morgan fingerprint density at radius 2 is 1.88 bits per heavy atom. The zero-order chi connectivity index (χ0) is 12.2. The standard InChI is InChI=1S/C10H17N3O2S/c1-13(2)8-10(12-16(11,14)15)9-6-4-3-5-7-9/h3-7,10,12H,8H2,1-2H3,(H2,11,14,15). The second-order valence-electron chi connectivity index (χ2n) is 3.89. The van der Waals surface area contributed by atoms with Crippen molar-refractivity contribution in [2.75, 3.05) is 20.6 Å². The lowest BCUT2D eigenvalue weighted by Gasteiger charge is -2.21. The summed E-state index contributed by atoms with van der Waals surface area (Å²) >= 11 is 0. The molecule has 5 nitrogen and oxygen atoms in total. The Labute approximate surface area is 96.4 Å². The SMILES string of the molecule is CN(C)CC(NS(N)(=O)=O)c1ccccc1. The number of nitrogens with zero attached hydrogens (tertiary/aromatic N) is 1. The number of hydrogen-bond acceptors (Lipinski definition) is 3. The first-order valence-corrected chi connectivity index (χ1v) is 6.43. The third-order valence-electron chi connectivity index (χ3n) is 2.06. The number of rotatable bonds is 5. The fraction of sp³-hybridized carbons (Fsp3) is 0.400. The minimum Gasteiger partial charge on any atom is -0.307 e. The molecule has 0 aliphatic heterocycles. The van der Waals surface area contributed by atoms with E-state index in [1.807, 2.05) is 49.3 Å². The summed E-state index contributed by atoms with van der Waals surface area (Å²) in [7, 11) is 0.0577. The second-order valence-corrected chi connectivity index (χ2v) is 5.21. The molecule has 0 bridgehead atoms. The van der Waals surface area contributed by atoms with Crippen molar-refractivity contribution in [1.82, 2.24) is 9.62 Å². The molecule has 0 spiro atoms. The van der Waals surface area contributed by atoms with Gasteiger partial charge in [0.25, 0.3) is 10.2 Å². The van der Waals surface area contributed by atoms with Crippen LogP contribution in [-0.4, -0.2) is 34.0 Å². The summed E-state index contributed by atoms with van der Waals surface area (Å²) in [5.74, 6) is 0. The Morgan fingerprint density at radius 3 is 2.31 bits per heavy atom. The molecule has 3 N–H and O–H groups in total. The maximum absolute atomic E-state index is 11.0. The number of hydrogen-bond donors (Lipinski definition) is 2. The Balaban J connectivity index is 2.88. The largest absolute Gasteiger partial charge is 0.307 e. The molecule has 1 unspecified atom stereocenters. The molecule has 1 atom stereocenters. The van der Waals surface area contributed by atoms with Crippen molar-refractivity contribution < 1.29 is 8.42 Å². The first-order valence-electron chi connectivity index (χ1n) is 4.88. The van der Waals surface area contributed by atoms with Gasteiger partial charge in [0.1, 0.15) is 0 Å². The summed E-state index contributed by atoms with van der Waals surface area (Å²) in [6.45, 7) is 0.556. The Hall–Kier alpha value is -0.950. The van der Waals surface area contributed by atoms with Gasteiger partial charge in [0.05, 0.1) is 6.04 Å². The highest BCUT2D eigenvalue weighted by molar-refractivity contribution is 7.87. The molecule has 0 radical (unpaired) electrons. The van der Waals surface area contributed by atoms with Gasteiger partial charge in [0.2, 0.25) is 0 Å². The minimum absolute atomic E-state index is 0.328. The maximum Gasteiger partial charge on any atom is 0.274 e. The normalized spacial score (nSPS) is 14.0. The van der Waals surface area contributed by atoms with Crippen molar-refractivity contribution in [2.45, 2.75) is 6.04 Å². The zero-order valence-electron chi connectivity index (χ0n) is 9.42. The third-order valence-corrected chi connectivity index (χ3v) is 2.67. The first kappa shape index (κ1) is 13.1. The lowest BCUT2D eigenvalue weighted by molar-refractivity contribution is 0.363. The van der Waals surface area contributed by atoms with Gasteiger partial charge in [-0.2, -0.15) is 13.1 Å². The molecule has 0 saturated heterocycles. The van der Waals surface area contributed by atoms with Gasteiger partial charge >= 0.3 is 0 Å². The summed E-state index contributed by atoms with van der Waals surface area (Å²) in [6.07, 6.45) is 0. The molecule has 16 heavy (non-hydrogen) atoms. The van der Waals surface area contributed by atoms with Gasteiger partial charge in [-0.05, 0) is 19.7 Å². The van der Waals surface area contributed by atoms with Crippen LogP contribution in [0.5, 0.6) is 0 Å². The molecule has 0 aromatic heterocycles. The highest BCUT2D eigenvalue weighted by atomic mass is 32.2. The molecular weight excluding hydrogens is 226 g/mol. The van der Waals surface area contributed by atoms with Crippen molar-refractivity contribution in [3.8, 4) is 0 Å². The van der Waals surface area contributed by atoms with E-state index >= 15 is 0 Å². The number of benzene rings is 1. The van der Waals surface area contributed by atoms with E-state index in [0.29, 0.717) is 6.54 Å². The van der Waals surface area contributed by atoms with E-state index in [4.69, 9.17) is 5.14 Å². The number of nitrogens with two attached hydrogens (primary N) is 1. The molecule has 0 heterocycles. The number of nitrogens with one attached hydrogen (secondary N) is 1. The van der Waals surface area contributed by atoms with Crippen LogP contribution in [0, 0.1) is 0 Å². The Bertz CT molecular complexity index is 417. The predicted octanol–water partition coefficient (Wildman–Crippen LogP) is 0.0824. The number of likely N-dealkylation sites (N-methyl/N-ethyl adjacent to an activating group) is 1. The van der Waals surface area contributed by atoms with Gasteiger partial charge in [-0.15, -0.1) is 0 Å². The van der Waals surface area contributed by atoms with Crippen LogP contribution >= 0.6 is 0 Å². The van der Waals surface area contributed by atoms with E-state index in [1.54, 1.807) is 0 Å². The molecule has 0 fully saturated rings. The van der Waals surface area contributed by atoms with Crippen molar-refractivity contribution >= 4 is 10.2 Å². The molecule has 0 aliphatic rings. The van der Waals surface area contributed by atoms with E-state index in [1.165, 1.54) is 0 Å². The summed E-state index contributed by atoms with van der Waals surface area (Å²) in [6, 6.07) is 9.02. The van der Waals surface area contributed by atoms with E-state index in [9.17, 15) is 8.42 Å². The van der Waals surface area contributed by atoms with E-state index in [2.05, 4.69) is 4.72 Å². The lowest BCUT2D eigenvalue weighted by Crippen LogP contribution is -2.38. The smallest absolute Gasteiger partial charge is 0.274 e. The van der Waals surface area contributed by atoms with E-state index in [0.717, 1.165) is 5.56 Å². The lowest BCUT2D eigenvalue weighted by atomic mass is 10.1. The van der Waals surface area contributed by atoms with Gasteiger partial charge < -0.3 is 4.90 Å². The summed E-state index contributed by atoms with van der Waals surface area (Å²) in [4.78, 5) is 1.90. The van der Waals surface area contributed by atoms with Gasteiger partial charge in [-0.3, -0.25) is 0 Å². The van der Waals surface area contributed by atoms with Crippen LogP contribution in [-0.2, 0) is 10.2 Å². The highest BCUT2D eigenvalue weighted by Crippen LogP contribution is 2.13. The van der Waals surface area contributed by atoms with Crippen LogP contribution in [0.25, 0.3) is 0 Å². The second kappa shape index (κ2) is 5.40. The molecule has 6 heteroatoms. The molecule has 1 rings (SSSR count). The molecule has 0 saturated carbocycles. The van der Waals surface area contributed by atoms with Gasteiger partial charge in [-0.1, -0.05) is 30.3 Å². The zero-order valence-corrected chi connectivity index (χ0v) is 10.2. The molecule has 0 aliphatic carbocycles. The summed E-state index contributed by atoms with van der Waals surface area (Å²) in [5, 5.41) is 4.99. The highest BCUT2D eigenvalue weighted by Gasteiger charge is 2.16. The van der Waals surface area contributed by atoms with Crippen LogP contribution in [0.15, 0.2) is 30.3 Å². The van der Waals surface area contributed by atoms with E-state index in [-0.39, 0.29) is 6.04 Å². The molecular formula is C10H17N3O2S. The van der Waals surface area contributed by atoms with Gasteiger partial charge in [0.15, 0.2) is 0 Å². The van der Waals surface area contributed by atoms with Crippen molar-refractivity contribution in [2.24, 2.45) is 5.14 Å². The van der Waals surface area contributed by atoms with Gasteiger partial charge in [-0.25, -0.2) is 5.14 Å². The maximum atomic E-state index is 11.0. The summed E-state index contributed by atoms with van der Waals surface area (Å²) in [5.41, 5.74) is 0.894. The molecule has 90 valence electrons. The minimum atomic E-state index is -3.69. The van der Waals surface area contributed by atoms with Crippen molar-refractivity contribution in [3.05, 3.63) is 35.9 Å². The fourth-order valence-electron chi connectivity index (χ4n) is 1.46. The average Bonchev–Trinajstić information content (AvgIpc) is 2.15. The Kier molecular flexibility index (Phi) is 4.43. The first-order chi connectivity index (χ1) is 7.38. The fourth-order valence-corrected chi connectivity index (χ4v) is 2.07. The quantitative estimate of drug-likeness (QED) is 0.769. The molecule has 0 amide bonds. The topological polar surface area (TPSA) is 75.4 Å².